The van der Waals surface area contributed by atoms with Gasteiger partial charge in [-0.05, 0) is 12.1 Å². The van der Waals surface area contributed by atoms with Crippen LogP contribution in [0.4, 0.5) is 8.78 Å². The Morgan fingerprint density at radius 1 is 1.41 bits per heavy atom. The highest BCUT2D eigenvalue weighted by Gasteiger charge is 2.29. The van der Waals surface area contributed by atoms with E-state index in [1.807, 2.05) is 0 Å². The van der Waals surface area contributed by atoms with Gasteiger partial charge in [-0.3, -0.25) is 0 Å². The van der Waals surface area contributed by atoms with Crippen molar-refractivity contribution in [3.05, 3.63) is 35.9 Å². The fourth-order valence-corrected chi connectivity index (χ4v) is 0.986. The van der Waals surface area contributed by atoms with Crippen molar-refractivity contribution in [3.63, 3.8) is 0 Å². The summed E-state index contributed by atoms with van der Waals surface area (Å²) in [4.78, 5) is 15.5. The minimum Gasteiger partial charge on any atom is -0.455 e. The summed E-state index contributed by atoms with van der Waals surface area (Å²) in [6.07, 6.45) is 0.283. The maximum atomic E-state index is 13.0. The van der Waals surface area contributed by atoms with Gasteiger partial charge in [0.1, 0.15) is 13.3 Å². The molecular weight excluding hydrogens is 232 g/mol. The molecule has 0 radical (unpaired) electrons. The van der Waals surface area contributed by atoms with E-state index in [0.717, 1.165) is 7.11 Å². The van der Waals surface area contributed by atoms with E-state index in [9.17, 15) is 13.6 Å². The van der Waals surface area contributed by atoms with Crippen LogP contribution >= 0.6 is 0 Å². The molecular formula is C11H11F2NO3. The van der Waals surface area contributed by atoms with Crippen LogP contribution in [0.15, 0.2) is 35.5 Å². The zero-order chi connectivity index (χ0) is 12.7. The highest BCUT2D eigenvalue weighted by Crippen LogP contribution is 2.12. The van der Waals surface area contributed by atoms with E-state index in [2.05, 4.69) is 14.7 Å². The number of oxime groups is 1. The first kappa shape index (κ1) is 13.1. The summed E-state index contributed by atoms with van der Waals surface area (Å²) in [7, 11) is 1.14. The third kappa shape index (κ3) is 4.58. The summed E-state index contributed by atoms with van der Waals surface area (Å²) in [5, 5.41) is 2.93. The Morgan fingerprint density at radius 2 is 2.06 bits per heavy atom. The summed E-state index contributed by atoms with van der Waals surface area (Å²) in [5.41, 5.74) is 0.215. The van der Waals surface area contributed by atoms with Crippen molar-refractivity contribution in [3.8, 4) is 0 Å². The van der Waals surface area contributed by atoms with E-state index < -0.39 is 18.5 Å². The number of nitrogens with zero attached hydrogens (tertiary/aromatic N) is 1. The van der Waals surface area contributed by atoms with Crippen molar-refractivity contribution in [2.75, 3.05) is 13.7 Å². The van der Waals surface area contributed by atoms with Crippen molar-refractivity contribution < 1.29 is 23.1 Å². The van der Waals surface area contributed by atoms with Gasteiger partial charge >= 0.3 is 11.9 Å². The smallest absolute Gasteiger partial charge is 0.338 e. The summed E-state index contributed by atoms with van der Waals surface area (Å²) in [6.45, 7) is -1.08. The van der Waals surface area contributed by atoms with Crippen molar-refractivity contribution in [1.82, 2.24) is 0 Å². The minimum atomic E-state index is -3.35. The predicted molar refractivity (Wildman–Crippen MR) is 57.2 cm³/mol. The lowest BCUT2D eigenvalue weighted by Crippen LogP contribution is -2.27. The Balaban J connectivity index is 2.51. The Bertz CT molecular complexity index is 393. The van der Waals surface area contributed by atoms with E-state index in [0.29, 0.717) is 0 Å². The first-order chi connectivity index (χ1) is 8.05. The molecule has 0 heterocycles. The van der Waals surface area contributed by atoms with Gasteiger partial charge in [0.15, 0.2) is 6.61 Å². The average Bonchev–Trinajstić information content (AvgIpc) is 2.35. The van der Waals surface area contributed by atoms with Gasteiger partial charge in [-0.2, -0.15) is 8.78 Å². The standard InChI is InChI=1S/C11H11F2NO3/c1-16-14-7-11(12,13)8-17-10(15)9-5-3-2-4-6-9/h2-7H,8H2,1H3/b14-7+. The Hall–Kier alpha value is -1.98. The largest absolute Gasteiger partial charge is 0.455 e. The van der Waals surface area contributed by atoms with Crippen LogP contribution in [0.2, 0.25) is 0 Å². The number of hydrogen-bond donors (Lipinski definition) is 0. The summed E-state index contributed by atoms with van der Waals surface area (Å²) in [5.74, 6) is -4.16. The van der Waals surface area contributed by atoms with Crippen molar-refractivity contribution in [2.24, 2.45) is 5.16 Å². The number of alkyl halides is 2. The van der Waals surface area contributed by atoms with Crippen LogP contribution in [-0.4, -0.2) is 31.8 Å². The molecule has 92 valence electrons. The van der Waals surface area contributed by atoms with Crippen molar-refractivity contribution in [1.29, 1.82) is 0 Å². The van der Waals surface area contributed by atoms with Crippen LogP contribution in [0.5, 0.6) is 0 Å². The molecule has 0 saturated carbocycles. The number of rotatable bonds is 5. The Morgan fingerprint density at radius 3 is 2.65 bits per heavy atom. The number of ether oxygens (including phenoxy) is 1. The molecule has 0 aliphatic heterocycles. The normalized spacial score (nSPS) is 11.5. The number of esters is 1. The molecule has 0 bridgehead atoms. The fourth-order valence-electron chi connectivity index (χ4n) is 0.986. The molecule has 6 heteroatoms. The van der Waals surface area contributed by atoms with Gasteiger partial charge in [-0.15, -0.1) is 0 Å². The Kier molecular flexibility index (Phi) is 4.56. The second-order valence-corrected chi connectivity index (χ2v) is 3.12. The van der Waals surface area contributed by atoms with Crippen molar-refractivity contribution in [2.45, 2.75) is 5.92 Å². The minimum absolute atomic E-state index is 0.215. The first-order valence-corrected chi connectivity index (χ1v) is 4.73. The van der Waals surface area contributed by atoms with Crippen LogP contribution in [0, 0.1) is 0 Å². The lowest BCUT2D eigenvalue weighted by Gasteiger charge is -2.11. The number of carbonyl (C=O) groups excluding carboxylic acids is 1. The second-order valence-electron chi connectivity index (χ2n) is 3.12. The molecule has 0 atom stereocenters. The van der Waals surface area contributed by atoms with Gasteiger partial charge in [0.05, 0.1) is 5.56 Å². The molecule has 0 amide bonds. The molecule has 1 aromatic carbocycles. The first-order valence-electron chi connectivity index (χ1n) is 4.73. The van der Waals surface area contributed by atoms with Crippen molar-refractivity contribution >= 4 is 12.2 Å². The molecule has 17 heavy (non-hydrogen) atoms. The monoisotopic (exact) mass is 243 g/mol. The van der Waals surface area contributed by atoms with Crippen LogP contribution in [0.1, 0.15) is 10.4 Å². The maximum Gasteiger partial charge on any atom is 0.338 e. The van der Waals surface area contributed by atoms with Crippen LogP contribution in [0.25, 0.3) is 0 Å². The number of hydrogen-bond acceptors (Lipinski definition) is 4. The fraction of sp³-hybridized carbons (Fsp3) is 0.273. The summed E-state index contributed by atoms with van der Waals surface area (Å²) in [6, 6.07) is 7.88. The second kappa shape index (κ2) is 5.93. The number of carbonyl (C=O) groups is 1. The van der Waals surface area contributed by atoms with Gasteiger partial charge in [0.25, 0.3) is 0 Å². The summed E-state index contributed by atoms with van der Waals surface area (Å²) < 4.78 is 30.4. The topological polar surface area (TPSA) is 47.9 Å². The number of benzene rings is 1. The van der Waals surface area contributed by atoms with Gasteiger partial charge in [0.2, 0.25) is 0 Å². The predicted octanol–water partition coefficient (Wildman–Crippen LogP) is 2.11. The lowest BCUT2D eigenvalue weighted by molar-refractivity contribution is -0.0122. The third-order valence-corrected chi connectivity index (χ3v) is 1.75. The molecule has 0 aliphatic carbocycles. The zero-order valence-electron chi connectivity index (χ0n) is 9.10. The van der Waals surface area contributed by atoms with E-state index in [4.69, 9.17) is 0 Å². The number of halogens is 2. The van der Waals surface area contributed by atoms with Gasteiger partial charge in [-0.25, -0.2) is 4.79 Å². The Labute approximate surface area is 96.8 Å². The van der Waals surface area contributed by atoms with Gasteiger partial charge in [0, 0.05) is 0 Å². The highest BCUT2D eigenvalue weighted by atomic mass is 19.3. The van der Waals surface area contributed by atoms with Crippen LogP contribution in [-0.2, 0) is 9.57 Å². The molecule has 0 aromatic heterocycles. The van der Waals surface area contributed by atoms with Crippen LogP contribution < -0.4 is 0 Å². The van der Waals surface area contributed by atoms with E-state index in [-0.39, 0.29) is 11.8 Å². The van der Waals surface area contributed by atoms with E-state index in [1.54, 1.807) is 18.2 Å². The van der Waals surface area contributed by atoms with E-state index in [1.165, 1.54) is 12.1 Å². The van der Waals surface area contributed by atoms with E-state index >= 15 is 0 Å². The molecule has 0 saturated heterocycles. The molecule has 4 nitrogen and oxygen atoms in total. The van der Waals surface area contributed by atoms with Gasteiger partial charge in [-0.1, -0.05) is 23.4 Å². The molecule has 0 aliphatic rings. The maximum absolute atomic E-state index is 13.0. The van der Waals surface area contributed by atoms with Gasteiger partial charge < -0.3 is 9.57 Å². The zero-order valence-corrected chi connectivity index (χ0v) is 9.10. The molecule has 1 aromatic rings. The molecule has 0 fully saturated rings. The average molecular weight is 243 g/mol. The SMILES string of the molecule is CO/N=C/C(F)(F)COC(=O)c1ccccc1. The highest BCUT2D eigenvalue weighted by molar-refractivity contribution is 5.89. The third-order valence-electron chi connectivity index (χ3n) is 1.75. The molecule has 1 rings (SSSR count). The molecule has 0 spiro atoms. The quantitative estimate of drug-likeness (QED) is 0.452. The summed E-state index contributed by atoms with van der Waals surface area (Å²) >= 11 is 0. The van der Waals surface area contributed by atoms with Crippen LogP contribution in [0.3, 0.4) is 0 Å². The molecule has 0 unspecified atom stereocenters. The molecule has 0 N–H and O–H groups in total. The lowest BCUT2D eigenvalue weighted by atomic mass is 10.2.